The van der Waals surface area contributed by atoms with Crippen LogP contribution >= 0.6 is 7.92 Å². The Kier molecular flexibility index (Phi) is 8.63. The summed E-state index contributed by atoms with van der Waals surface area (Å²) in [5.74, 6) is 0.838. The standard InChI is InChI=1S/C14H33N2P/c1-12(2)9-17(10-13(3)15(5)6)11-14(4)16(7)8/h12-14H,9-11H2,1-8H3. The van der Waals surface area contributed by atoms with E-state index in [9.17, 15) is 0 Å². The highest BCUT2D eigenvalue weighted by molar-refractivity contribution is 7.57. The van der Waals surface area contributed by atoms with Crippen LogP contribution in [0.3, 0.4) is 0 Å². The maximum atomic E-state index is 2.36. The fourth-order valence-electron chi connectivity index (χ4n) is 1.81. The Morgan fingerprint density at radius 1 is 0.706 bits per heavy atom. The van der Waals surface area contributed by atoms with Gasteiger partial charge in [-0.1, -0.05) is 13.8 Å². The number of hydrogen-bond acceptors (Lipinski definition) is 2. The molecule has 0 aromatic rings. The summed E-state index contributed by atoms with van der Waals surface area (Å²) in [6.45, 7) is 9.43. The second kappa shape index (κ2) is 8.45. The summed E-state index contributed by atoms with van der Waals surface area (Å²) in [5.41, 5.74) is 0. The summed E-state index contributed by atoms with van der Waals surface area (Å²) in [7, 11) is 8.96. The van der Waals surface area contributed by atoms with Crippen LogP contribution in [-0.4, -0.2) is 68.6 Å². The van der Waals surface area contributed by atoms with Crippen LogP contribution < -0.4 is 0 Å². The molecule has 0 aromatic heterocycles. The van der Waals surface area contributed by atoms with E-state index in [1.165, 1.54) is 18.5 Å². The smallest absolute Gasteiger partial charge is 0.0100 e. The van der Waals surface area contributed by atoms with Crippen LogP contribution in [0.2, 0.25) is 0 Å². The average Bonchev–Trinajstić information content (AvgIpc) is 2.15. The minimum Gasteiger partial charge on any atom is -0.306 e. The monoisotopic (exact) mass is 260 g/mol. The third-order valence-corrected chi connectivity index (χ3v) is 6.77. The first kappa shape index (κ1) is 17.4. The average molecular weight is 260 g/mol. The van der Waals surface area contributed by atoms with E-state index in [1.807, 2.05) is 0 Å². The highest BCUT2D eigenvalue weighted by atomic mass is 31.1. The number of nitrogens with zero attached hydrogens (tertiary/aromatic N) is 2. The largest absolute Gasteiger partial charge is 0.306 e. The molecule has 0 saturated heterocycles. The van der Waals surface area contributed by atoms with Crippen molar-refractivity contribution in [1.82, 2.24) is 9.80 Å². The second-order valence-corrected chi connectivity index (χ2v) is 8.67. The van der Waals surface area contributed by atoms with Crippen molar-refractivity contribution < 1.29 is 0 Å². The Morgan fingerprint density at radius 3 is 1.29 bits per heavy atom. The molecule has 0 spiro atoms. The van der Waals surface area contributed by atoms with E-state index in [4.69, 9.17) is 0 Å². The fraction of sp³-hybridized carbons (Fsp3) is 1.00. The quantitative estimate of drug-likeness (QED) is 0.619. The first-order chi connectivity index (χ1) is 7.73. The molecule has 104 valence electrons. The number of rotatable bonds is 8. The predicted octanol–water partition coefficient (Wildman–Crippen LogP) is 3.02. The summed E-state index contributed by atoms with van der Waals surface area (Å²) >= 11 is 0. The van der Waals surface area contributed by atoms with Gasteiger partial charge in [0.2, 0.25) is 0 Å². The number of hydrogen-bond donors (Lipinski definition) is 0. The topological polar surface area (TPSA) is 6.48 Å². The van der Waals surface area contributed by atoms with Crippen LogP contribution in [0.15, 0.2) is 0 Å². The van der Waals surface area contributed by atoms with Gasteiger partial charge in [0.25, 0.3) is 0 Å². The summed E-state index contributed by atoms with van der Waals surface area (Å²) in [6.07, 6.45) is 4.20. The lowest BCUT2D eigenvalue weighted by Crippen LogP contribution is -2.32. The molecule has 0 fully saturated rings. The third-order valence-electron chi connectivity index (χ3n) is 3.43. The second-order valence-electron chi connectivity index (χ2n) is 6.24. The molecule has 0 N–H and O–H groups in total. The van der Waals surface area contributed by atoms with E-state index in [0.29, 0.717) is 12.1 Å². The van der Waals surface area contributed by atoms with Gasteiger partial charge in [-0.2, -0.15) is 0 Å². The van der Waals surface area contributed by atoms with Gasteiger partial charge >= 0.3 is 0 Å². The van der Waals surface area contributed by atoms with Crippen LogP contribution in [0.4, 0.5) is 0 Å². The van der Waals surface area contributed by atoms with Gasteiger partial charge in [-0.05, 0) is 66.4 Å². The van der Waals surface area contributed by atoms with Crippen LogP contribution in [0, 0.1) is 5.92 Å². The molecular formula is C14H33N2P. The van der Waals surface area contributed by atoms with Crippen LogP contribution in [0.25, 0.3) is 0 Å². The van der Waals surface area contributed by atoms with Gasteiger partial charge in [-0.25, -0.2) is 0 Å². The molecule has 17 heavy (non-hydrogen) atoms. The van der Waals surface area contributed by atoms with E-state index in [-0.39, 0.29) is 7.92 Å². The highest BCUT2D eigenvalue weighted by Crippen LogP contribution is 2.40. The van der Waals surface area contributed by atoms with Crippen molar-refractivity contribution in [2.24, 2.45) is 5.92 Å². The van der Waals surface area contributed by atoms with Crippen LogP contribution in [-0.2, 0) is 0 Å². The SMILES string of the molecule is CC(C)CP(CC(C)N(C)C)CC(C)N(C)C. The molecule has 3 heteroatoms. The Bertz CT molecular complexity index is 177. The Labute approximate surface area is 111 Å². The van der Waals surface area contributed by atoms with Gasteiger partial charge in [0.1, 0.15) is 0 Å². The molecule has 0 bridgehead atoms. The molecule has 0 saturated carbocycles. The first-order valence-electron chi connectivity index (χ1n) is 6.79. The normalized spacial score (nSPS) is 17.8. The van der Waals surface area contributed by atoms with Gasteiger partial charge in [0.05, 0.1) is 0 Å². The highest BCUT2D eigenvalue weighted by Gasteiger charge is 2.18. The third kappa shape index (κ3) is 8.13. The van der Waals surface area contributed by atoms with E-state index in [0.717, 1.165) is 5.92 Å². The molecule has 0 radical (unpaired) electrons. The van der Waals surface area contributed by atoms with Gasteiger partial charge < -0.3 is 9.80 Å². The van der Waals surface area contributed by atoms with Crippen LogP contribution in [0.5, 0.6) is 0 Å². The van der Waals surface area contributed by atoms with Crippen molar-refractivity contribution in [1.29, 1.82) is 0 Å². The predicted molar refractivity (Wildman–Crippen MR) is 82.7 cm³/mol. The Balaban J connectivity index is 4.32. The van der Waals surface area contributed by atoms with Gasteiger partial charge in [-0.3, -0.25) is 0 Å². The van der Waals surface area contributed by atoms with E-state index < -0.39 is 0 Å². The van der Waals surface area contributed by atoms with E-state index >= 15 is 0 Å². The van der Waals surface area contributed by atoms with Crippen molar-refractivity contribution in [2.75, 3.05) is 46.7 Å². The van der Waals surface area contributed by atoms with Crippen molar-refractivity contribution in [3.63, 3.8) is 0 Å². The Hall–Kier alpha value is 0.350. The van der Waals surface area contributed by atoms with Gasteiger partial charge in [0.15, 0.2) is 0 Å². The van der Waals surface area contributed by atoms with Crippen molar-refractivity contribution >= 4 is 7.92 Å². The summed E-state index contributed by atoms with van der Waals surface area (Å²) < 4.78 is 0. The molecule has 0 aromatic carbocycles. The molecule has 0 rings (SSSR count). The summed E-state index contributed by atoms with van der Waals surface area (Å²) in [4.78, 5) is 4.71. The molecule has 2 unspecified atom stereocenters. The molecule has 2 atom stereocenters. The lowest BCUT2D eigenvalue weighted by Gasteiger charge is -2.31. The molecule has 0 heterocycles. The molecule has 0 aliphatic carbocycles. The molecule has 0 aliphatic heterocycles. The molecule has 0 amide bonds. The molecule has 0 aliphatic rings. The summed E-state index contributed by atoms with van der Waals surface area (Å²) in [6, 6.07) is 1.43. The van der Waals surface area contributed by atoms with Crippen molar-refractivity contribution in [3.05, 3.63) is 0 Å². The fourth-order valence-corrected chi connectivity index (χ4v) is 5.44. The minimum atomic E-state index is 0.173. The molecule has 2 nitrogen and oxygen atoms in total. The zero-order valence-electron chi connectivity index (χ0n) is 13.2. The van der Waals surface area contributed by atoms with Crippen molar-refractivity contribution in [3.8, 4) is 0 Å². The van der Waals surface area contributed by atoms with E-state index in [1.54, 1.807) is 0 Å². The zero-order chi connectivity index (χ0) is 13.6. The lowest BCUT2D eigenvalue weighted by molar-refractivity contribution is 0.331. The minimum absolute atomic E-state index is 0.173. The van der Waals surface area contributed by atoms with Crippen LogP contribution in [0.1, 0.15) is 27.7 Å². The summed E-state index contributed by atoms with van der Waals surface area (Å²) in [5, 5.41) is 0. The van der Waals surface area contributed by atoms with Gasteiger partial charge in [-0.15, -0.1) is 7.92 Å². The maximum absolute atomic E-state index is 2.36. The Morgan fingerprint density at radius 2 is 1.06 bits per heavy atom. The van der Waals surface area contributed by atoms with Gasteiger partial charge in [0, 0.05) is 12.1 Å². The lowest BCUT2D eigenvalue weighted by atomic mass is 10.3. The van der Waals surface area contributed by atoms with E-state index in [2.05, 4.69) is 65.7 Å². The first-order valence-corrected chi connectivity index (χ1v) is 8.69. The zero-order valence-corrected chi connectivity index (χ0v) is 14.1. The molecular weight excluding hydrogens is 227 g/mol. The maximum Gasteiger partial charge on any atom is 0.0100 e. The van der Waals surface area contributed by atoms with Crippen molar-refractivity contribution in [2.45, 2.75) is 39.8 Å².